The van der Waals surface area contributed by atoms with Crippen molar-refractivity contribution >= 4 is 8.80 Å². The van der Waals surface area contributed by atoms with Crippen molar-refractivity contribution in [2.24, 2.45) is 5.92 Å². The topological polar surface area (TPSA) is 0 Å². The van der Waals surface area contributed by atoms with Gasteiger partial charge < -0.3 is 0 Å². The fraction of sp³-hybridized carbons (Fsp3) is 0.636. The smallest absolute Gasteiger partial charge is 0.0733 e. The van der Waals surface area contributed by atoms with E-state index in [0.29, 0.717) is 0 Å². The zero-order valence-corrected chi connectivity index (χ0v) is 10.1. The Hall–Kier alpha value is -0.303. The van der Waals surface area contributed by atoms with Gasteiger partial charge in [0.1, 0.15) is 0 Å². The largest absolute Gasteiger partial charge is 0.0748 e. The van der Waals surface area contributed by atoms with Gasteiger partial charge in [-0.25, -0.2) is 0 Å². The Labute approximate surface area is 78.0 Å². The van der Waals surface area contributed by atoms with Crippen LogP contribution < -0.4 is 0 Å². The molecular weight excluding hydrogens is 160 g/mol. The summed E-state index contributed by atoms with van der Waals surface area (Å²) >= 11 is 0. The molecule has 1 radical (unpaired) electrons. The summed E-state index contributed by atoms with van der Waals surface area (Å²) in [7, 11) is -0.237. The first-order chi connectivity index (χ1) is 5.46. The van der Waals surface area contributed by atoms with Crippen LogP contribution in [0.15, 0.2) is 21.9 Å². The van der Waals surface area contributed by atoms with Gasteiger partial charge in [-0.2, -0.15) is 0 Å². The molecule has 0 aromatic rings. The fourth-order valence-corrected chi connectivity index (χ4v) is 4.19. The summed E-state index contributed by atoms with van der Waals surface area (Å²) in [5, 5.41) is 1.75. The zero-order valence-electron chi connectivity index (χ0n) is 9.08. The van der Waals surface area contributed by atoms with Crippen LogP contribution in [0, 0.1) is 5.92 Å². The molecule has 12 heavy (non-hydrogen) atoms. The standard InChI is InChI=1S/C11H19Si/c1-7-8(2)10(4)11(9(7)3)12(5)6/h9H,1-6H3. The van der Waals surface area contributed by atoms with Crippen LogP contribution in [0.25, 0.3) is 0 Å². The molecule has 0 saturated heterocycles. The second-order valence-electron chi connectivity index (χ2n) is 4.07. The molecule has 0 spiro atoms. The van der Waals surface area contributed by atoms with E-state index in [1.165, 1.54) is 0 Å². The minimum absolute atomic E-state index is 0.237. The number of hydrogen-bond donors (Lipinski definition) is 0. The fourth-order valence-electron chi connectivity index (χ4n) is 2.17. The first-order valence-corrected chi connectivity index (χ1v) is 7.15. The summed E-state index contributed by atoms with van der Waals surface area (Å²) in [5.74, 6) is 0.730. The van der Waals surface area contributed by atoms with Gasteiger partial charge in [0.15, 0.2) is 0 Å². The zero-order chi connectivity index (χ0) is 9.46. The summed E-state index contributed by atoms with van der Waals surface area (Å²) in [6, 6.07) is 0. The highest BCUT2D eigenvalue weighted by molar-refractivity contribution is 6.64. The SMILES string of the molecule is CC1=C(C)C(C)C([Si](C)C)=C1C. The van der Waals surface area contributed by atoms with E-state index in [1.807, 2.05) is 0 Å². The second-order valence-corrected chi connectivity index (χ2v) is 6.61. The van der Waals surface area contributed by atoms with Gasteiger partial charge in [-0.3, -0.25) is 0 Å². The molecule has 0 nitrogen and oxygen atoms in total. The van der Waals surface area contributed by atoms with Crippen LogP contribution in [0.3, 0.4) is 0 Å². The highest BCUT2D eigenvalue weighted by atomic mass is 28.3. The van der Waals surface area contributed by atoms with Crippen molar-refractivity contribution in [2.75, 3.05) is 0 Å². The van der Waals surface area contributed by atoms with Crippen molar-refractivity contribution in [3.05, 3.63) is 21.9 Å². The van der Waals surface area contributed by atoms with Crippen LogP contribution in [0.5, 0.6) is 0 Å². The predicted molar refractivity (Wildman–Crippen MR) is 57.7 cm³/mol. The lowest BCUT2D eigenvalue weighted by Gasteiger charge is -2.14. The van der Waals surface area contributed by atoms with E-state index >= 15 is 0 Å². The van der Waals surface area contributed by atoms with Crippen molar-refractivity contribution in [2.45, 2.75) is 40.8 Å². The Morgan fingerprint density at radius 1 is 1.00 bits per heavy atom. The molecule has 1 aliphatic rings. The molecule has 0 aromatic carbocycles. The Balaban J connectivity index is 3.09. The van der Waals surface area contributed by atoms with Gasteiger partial charge >= 0.3 is 0 Å². The molecule has 0 heterocycles. The predicted octanol–water partition coefficient (Wildman–Crippen LogP) is 3.58. The monoisotopic (exact) mass is 179 g/mol. The summed E-state index contributed by atoms with van der Waals surface area (Å²) in [4.78, 5) is 0. The highest BCUT2D eigenvalue weighted by Crippen LogP contribution is 2.37. The minimum atomic E-state index is -0.237. The third-order valence-electron chi connectivity index (χ3n) is 3.18. The van der Waals surface area contributed by atoms with Gasteiger partial charge in [0.2, 0.25) is 0 Å². The molecule has 0 saturated carbocycles. The van der Waals surface area contributed by atoms with E-state index in [-0.39, 0.29) is 8.80 Å². The van der Waals surface area contributed by atoms with E-state index in [9.17, 15) is 0 Å². The summed E-state index contributed by atoms with van der Waals surface area (Å²) in [5.41, 5.74) is 4.72. The number of allylic oxidation sites excluding steroid dienone is 4. The van der Waals surface area contributed by atoms with Gasteiger partial charge in [-0.15, -0.1) is 0 Å². The molecule has 1 atom stereocenters. The van der Waals surface area contributed by atoms with Crippen LogP contribution in [0.4, 0.5) is 0 Å². The quantitative estimate of drug-likeness (QED) is 0.540. The lowest BCUT2D eigenvalue weighted by Crippen LogP contribution is -2.12. The Morgan fingerprint density at radius 3 is 1.67 bits per heavy atom. The van der Waals surface area contributed by atoms with E-state index in [2.05, 4.69) is 40.8 Å². The van der Waals surface area contributed by atoms with Crippen molar-refractivity contribution in [3.8, 4) is 0 Å². The highest BCUT2D eigenvalue weighted by Gasteiger charge is 2.25. The molecule has 1 aliphatic carbocycles. The normalized spacial score (nSPS) is 24.8. The molecule has 67 valence electrons. The van der Waals surface area contributed by atoms with Crippen molar-refractivity contribution in [1.29, 1.82) is 0 Å². The molecule has 1 heteroatoms. The molecule has 0 fully saturated rings. The van der Waals surface area contributed by atoms with Crippen molar-refractivity contribution in [1.82, 2.24) is 0 Å². The second kappa shape index (κ2) is 3.21. The van der Waals surface area contributed by atoms with E-state index in [4.69, 9.17) is 0 Å². The molecule has 0 amide bonds. The maximum atomic E-state index is 2.39. The maximum absolute atomic E-state index is 2.39. The summed E-state index contributed by atoms with van der Waals surface area (Å²) in [6.45, 7) is 14.0. The first-order valence-electron chi connectivity index (χ1n) is 4.65. The average Bonchev–Trinajstić information content (AvgIpc) is 2.16. The molecule has 0 aromatic heterocycles. The van der Waals surface area contributed by atoms with Gasteiger partial charge in [0, 0.05) is 0 Å². The van der Waals surface area contributed by atoms with E-state index in [1.54, 1.807) is 21.9 Å². The van der Waals surface area contributed by atoms with Gasteiger partial charge in [0.25, 0.3) is 0 Å². The van der Waals surface area contributed by atoms with Crippen molar-refractivity contribution < 1.29 is 0 Å². The van der Waals surface area contributed by atoms with Gasteiger partial charge in [-0.1, -0.05) is 36.4 Å². The lowest BCUT2D eigenvalue weighted by molar-refractivity contribution is 0.852. The number of hydrogen-bond acceptors (Lipinski definition) is 0. The third-order valence-corrected chi connectivity index (χ3v) is 5.06. The van der Waals surface area contributed by atoms with Crippen LogP contribution in [-0.4, -0.2) is 8.80 Å². The van der Waals surface area contributed by atoms with Crippen LogP contribution >= 0.6 is 0 Å². The average molecular weight is 179 g/mol. The lowest BCUT2D eigenvalue weighted by atomic mass is 10.1. The summed E-state index contributed by atoms with van der Waals surface area (Å²) < 4.78 is 0. The van der Waals surface area contributed by atoms with Crippen LogP contribution in [-0.2, 0) is 0 Å². The van der Waals surface area contributed by atoms with E-state index < -0.39 is 0 Å². The minimum Gasteiger partial charge on any atom is -0.0733 e. The maximum Gasteiger partial charge on any atom is 0.0748 e. The van der Waals surface area contributed by atoms with Crippen molar-refractivity contribution in [3.63, 3.8) is 0 Å². The first kappa shape index (κ1) is 9.78. The molecule has 0 N–H and O–H groups in total. The Bertz CT molecular complexity index is 256. The third kappa shape index (κ3) is 1.31. The van der Waals surface area contributed by atoms with Crippen LogP contribution in [0.2, 0.25) is 13.1 Å². The Kier molecular flexibility index (Phi) is 2.62. The van der Waals surface area contributed by atoms with Crippen LogP contribution in [0.1, 0.15) is 27.7 Å². The molecule has 0 bridgehead atoms. The van der Waals surface area contributed by atoms with E-state index in [0.717, 1.165) is 5.92 Å². The van der Waals surface area contributed by atoms with Gasteiger partial charge in [0.05, 0.1) is 8.80 Å². The summed E-state index contributed by atoms with van der Waals surface area (Å²) in [6.07, 6.45) is 0. The molecule has 1 unspecified atom stereocenters. The van der Waals surface area contributed by atoms with Gasteiger partial charge in [-0.05, 0) is 32.3 Å². The molecule has 0 aliphatic heterocycles. The number of rotatable bonds is 1. The molecular formula is C11H19Si. The molecule has 1 rings (SSSR count). The Morgan fingerprint density at radius 2 is 1.50 bits per heavy atom.